The molecular formula is C16H24N3OP. The summed E-state index contributed by atoms with van der Waals surface area (Å²) in [5.74, 6) is 0.629. The predicted octanol–water partition coefficient (Wildman–Crippen LogP) is 3.87. The normalized spacial score (nSPS) is 12.6. The van der Waals surface area contributed by atoms with Crippen molar-refractivity contribution in [3.05, 3.63) is 41.6 Å². The first-order valence-electron chi connectivity index (χ1n) is 7.05. The van der Waals surface area contributed by atoms with E-state index in [0.717, 1.165) is 16.9 Å². The van der Waals surface area contributed by atoms with Crippen LogP contribution in [0.1, 0.15) is 32.0 Å². The largest absolute Gasteiger partial charge is 0.384 e. The van der Waals surface area contributed by atoms with Gasteiger partial charge < -0.3 is 10.3 Å². The molecule has 2 N–H and O–H groups in total. The average molecular weight is 305 g/mol. The van der Waals surface area contributed by atoms with Crippen LogP contribution in [0, 0.1) is 0 Å². The molecule has 1 heterocycles. The monoisotopic (exact) mass is 305 g/mol. The Morgan fingerprint density at radius 2 is 1.76 bits per heavy atom. The molecule has 114 valence electrons. The van der Waals surface area contributed by atoms with Crippen LogP contribution < -0.4 is 5.73 Å². The maximum Gasteiger partial charge on any atom is 0.127 e. The van der Waals surface area contributed by atoms with Gasteiger partial charge in [0.05, 0.1) is 18.5 Å². The number of hydrogen-bond donors (Lipinski definition) is 1. The molecule has 1 aromatic heterocycles. The van der Waals surface area contributed by atoms with E-state index in [1.165, 1.54) is 0 Å². The highest BCUT2D eigenvalue weighted by Gasteiger charge is 2.19. The van der Waals surface area contributed by atoms with E-state index >= 15 is 0 Å². The third-order valence-corrected chi connectivity index (χ3v) is 4.38. The van der Waals surface area contributed by atoms with Crippen molar-refractivity contribution in [2.24, 2.45) is 0 Å². The molecule has 4 nitrogen and oxygen atoms in total. The summed E-state index contributed by atoms with van der Waals surface area (Å²) in [5, 5.41) is 4.59. The van der Waals surface area contributed by atoms with Crippen molar-refractivity contribution in [2.45, 2.75) is 32.3 Å². The number of benzene rings is 1. The van der Waals surface area contributed by atoms with Crippen molar-refractivity contribution < 1.29 is 4.57 Å². The summed E-state index contributed by atoms with van der Waals surface area (Å²) >= 11 is 0. The Labute approximate surface area is 126 Å². The predicted molar refractivity (Wildman–Crippen MR) is 89.8 cm³/mol. The van der Waals surface area contributed by atoms with E-state index in [1.54, 1.807) is 4.68 Å². The smallest absolute Gasteiger partial charge is 0.127 e. The summed E-state index contributed by atoms with van der Waals surface area (Å²) in [6, 6.07) is 9.85. The molecule has 0 unspecified atom stereocenters. The second kappa shape index (κ2) is 5.34. The van der Waals surface area contributed by atoms with E-state index < -0.39 is 7.14 Å². The number of hydrogen-bond acceptors (Lipinski definition) is 3. The third-order valence-electron chi connectivity index (χ3n) is 3.25. The maximum absolute atomic E-state index is 11.9. The molecule has 0 aliphatic heterocycles. The number of rotatable bonds is 3. The van der Waals surface area contributed by atoms with E-state index in [1.807, 2.05) is 43.7 Å². The standard InChI is InChI=1S/C16H24N3OP/c1-16(2,3)14-10-15(17)19(18-14)13-8-6-12(7-9-13)11-21(4,5)20/h6-10H,11,17H2,1-5H3. The van der Waals surface area contributed by atoms with Crippen LogP contribution in [0.4, 0.5) is 5.82 Å². The van der Waals surface area contributed by atoms with E-state index in [0.29, 0.717) is 12.0 Å². The number of aromatic nitrogens is 2. The third kappa shape index (κ3) is 3.98. The van der Waals surface area contributed by atoms with Crippen LogP contribution in [0.2, 0.25) is 0 Å². The summed E-state index contributed by atoms with van der Waals surface area (Å²) in [6.45, 7) is 9.96. The van der Waals surface area contributed by atoms with E-state index in [4.69, 9.17) is 5.73 Å². The molecule has 0 fully saturated rings. The van der Waals surface area contributed by atoms with Crippen LogP contribution >= 0.6 is 7.14 Å². The van der Waals surface area contributed by atoms with Crippen molar-refractivity contribution in [3.63, 3.8) is 0 Å². The molecule has 0 amide bonds. The van der Waals surface area contributed by atoms with Gasteiger partial charge in [0.15, 0.2) is 0 Å². The molecule has 0 bridgehead atoms. The van der Waals surface area contributed by atoms with Gasteiger partial charge >= 0.3 is 0 Å². The van der Waals surface area contributed by atoms with Gasteiger partial charge in [-0.1, -0.05) is 32.9 Å². The molecule has 21 heavy (non-hydrogen) atoms. The summed E-state index contributed by atoms with van der Waals surface area (Å²) in [7, 11) is -2.05. The minimum Gasteiger partial charge on any atom is -0.384 e. The van der Waals surface area contributed by atoms with E-state index in [9.17, 15) is 4.57 Å². The molecule has 2 rings (SSSR count). The zero-order valence-electron chi connectivity index (χ0n) is 13.4. The highest BCUT2D eigenvalue weighted by atomic mass is 31.2. The Morgan fingerprint density at radius 1 is 1.19 bits per heavy atom. The van der Waals surface area contributed by atoms with Crippen LogP contribution in [-0.2, 0) is 16.1 Å². The minimum absolute atomic E-state index is 0.0314. The van der Waals surface area contributed by atoms with Gasteiger partial charge in [0.1, 0.15) is 5.82 Å². The Kier molecular flexibility index (Phi) is 4.03. The molecule has 0 saturated carbocycles. The Hall–Kier alpha value is -1.54. The summed E-state index contributed by atoms with van der Waals surface area (Å²) in [6.07, 6.45) is 0.620. The van der Waals surface area contributed by atoms with Gasteiger partial charge in [0.2, 0.25) is 0 Å². The number of nitrogens with two attached hydrogens (primary N) is 1. The van der Waals surface area contributed by atoms with Crippen LogP contribution in [0.25, 0.3) is 5.69 Å². The van der Waals surface area contributed by atoms with Crippen molar-refractivity contribution in [3.8, 4) is 5.69 Å². The van der Waals surface area contributed by atoms with Crippen LogP contribution in [-0.4, -0.2) is 23.1 Å². The highest BCUT2D eigenvalue weighted by Crippen LogP contribution is 2.40. The van der Waals surface area contributed by atoms with Gasteiger partial charge in [-0.25, -0.2) is 4.68 Å². The minimum atomic E-state index is -2.05. The lowest BCUT2D eigenvalue weighted by atomic mass is 9.92. The fourth-order valence-electron chi connectivity index (χ4n) is 2.15. The lowest BCUT2D eigenvalue weighted by molar-refractivity contribution is 0.560. The molecule has 0 aliphatic rings. The van der Waals surface area contributed by atoms with Gasteiger partial charge in [-0.05, 0) is 31.0 Å². The van der Waals surface area contributed by atoms with Crippen LogP contribution in [0.3, 0.4) is 0 Å². The van der Waals surface area contributed by atoms with Crippen molar-refractivity contribution in [1.82, 2.24) is 9.78 Å². The van der Waals surface area contributed by atoms with Gasteiger partial charge in [-0.15, -0.1) is 0 Å². The van der Waals surface area contributed by atoms with Crippen LogP contribution in [0.5, 0.6) is 0 Å². The molecule has 5 heteroatoms. The molecule has 0 spiro atoms. The first kappa shape index (κ1) is 15.8. The number of nitrogen functional groups attached to an aromatic ring is 1. The molecule has 0 saturated heterocycles. The van der Waals surface area contributed by atoms with Crippen molar-refractivity contribution in [1.29, 1.82) is 0 Å². The molecule has 0 radical (unpaired) electrons. The Morgan fingerprint density at radius 3 is 2.19 bits per heavy atom. The lowest BCUT2D eigenvalue weighted by Gasteiger charge is -2.14. The fraction of sp³-hybridized carbons (Fsp3) is 0.438. The van der Waals surface area contributed by atoms with Gasteiger partial charge in [0, 0.05) is 17.6 Å². The summed E-state index contributed by atoms with van der Waals surface area (Å²) < 4.78 is 13.6. The highest BCUT2D eigenvalue weighted by molar-refractivity contribution is 7.61. The Bertz CT molecular complexity index is 675. The number of anilines is 1. The SMILES string of the molecule is CC(C)(C)c1cc(N)n(-c2ccc(CP(C)(C)=O)cc2)n1. The summed E-state index contributed by atoms with van der Waals surface area (Å²) in [4.78, 5) is 0. The second-order valence-corrected chi connectivity index (χ2v) is 10.5. The lowest BCUT2D eigenvalue weighted by Crippen LogP contribution is -2.12. The zero-order chi connectivity index (χ0) is 15.8. The fourth-order valence-corrected chi connectivity index (χ4v) is 3.24. The van der Waals surface area contributed by atoms with Gasteiger partial charge in [-0.3, -0.25) is 0 Å². The van der Waals surface area contributed by atoms with Crippen LogP contribution in [0.15, 0.2) is 30.3 Å². The molecule has 2 aromatic rings. The number of nitrogens with zero attached hydrogens (tertiary/aromatic N) is 2. The second-order valence-electron chi connectivity index (χ2n) is 7.01. The molecule has 1 aromatic carbocycles. The quantitative estimate of drug-likeness (QED) is 0.875. The van der Waals surface area contributed by atoms with E-state index in [-0.39, 0.29) is 5.41 Å². The topological polar surface area (TPSA) is 60.9 Å². The van der Waals surface area contributed by atoms with E-state index in [2.05, 4.69) is 25.9 Å². The van der Waals surface area contributed by atoms with Crippen molar-refractivity contribution >= 4 is 13.0 Å². The average Bonchev–Trinajstić information content (AvgIpc) is 2.70. The molecule has 0 atom stereocenters. The zero-order valence-corrected chi connectivity index (χ0v) is 14.3. The molecule has 0 aliphatic carbocycles. The Balaban J connectivity index is 2.31. The first-order chi connectivity index (χ1) is 9.56. The summed E-state index contributed by atoms with van der Waals surface area (Å²) in [5.41, 5.74) is 9.01. The maximum atomic E-state index is 11.9. The molecular weight excluding hydrogens is 281 g/mol. The first-order valence-corrected chi connectivity index (χ1v) is 9.84. The van der Waals surface area contributed by atoms with Gasteiger partial charge in [-0.2, -0.15) is 5.10 Å². The van der Waals surface area contributed by atoms with Gasteiger partial charge in [0.25, 0.3) is 0 Å². The van der Waals surface area contributed by atoms with Crippen molar-refractivity contribution in [2.75, 3.05) is 19.1 Å².